The van der Waals surface area contributed by atoms with E-state index in [1.807, 2.05) is 0 Å². The van der Waals surface area contributed by atoms with Crippen LogP contribution < -0.4 is 5.73 Å². The van der Waals surface area contributed by atoms with Gasteiger partial charge >= 0.3 is 0 Å². The van der Waals surface area contributed by atoms with Crippen LogP contribution in [0.5, 0.6) is 0 Å². The molecule has 1 unspecified atom stereocenters. The molecule has 1 fully saturated rings. The first kappa shape index (κ1) is 13.9. The summed E-state index contributed by atoms with van der Waals surface area (Å²) >= 11 is 0. The first-order chi connectivity index (χ1) is 7.43. The molecule has 3 nitrogen and oxygen atoms in total. The summed E-state index contributed by atoms with van der Waals surface area (Å²) in [6.07, 6.45) is 3.84. The second-order valence-corrected chi connectivity index (χ2v) is 6.14. The van der Waals surface area contributed by atoms with Gasteiger partial charge in [-0.15, -0.1) is 0 Å². The average molecular weight is 228 g/mol. The van der Waals surface area contributed by atoms with E-state index in [4.69, 9.17) is 10.5 Å². The zero-order chi connectivity index (χ0) is 12.2. The molecule has 0 radical (unpaired) electrons. The van der Waals surface area contributed by atoms with Gasteiger partial charge in [-0.05, 0) is 44.7 Å². The zero-order valence-electron chi connectivity index (χ0n) is 11.4. The van der Waals surface area contributed by atoms with Crippen LogP contribution in [0, 0.1) is 5.41 Å². The van der Waals surface area contributed by atoms with Gasteiger partial charge in [-0.25, -0.2) is 0 Å². The number of nitrogens with zero attached hydrogens (tertiary/aromatic N) is 1. The number of ether oxygens (including phenoxy) is 1. The Balaban J connectivity index is 2.65. The first-order valence-corrected chi connectivity index (χ1v) is 6.38. The Morgan fingerprint density at radius 2 is 2.00 bits per heavy atom. The third-order valence-corrected chi connectivity index (χ3v) is 4.00. The molecular weight excluding hydrogens is 200 g/mol. The van der Waals surface area contributed by atoms with Gasteiger partial charge in [0.1, 0.15) is 0 Å². The molecule has 16 heavy (non-hydrogen) atoms. The van der Waals surface area contributed by atoms with Crippen molar-refractivity contribution in [1.29, 1.82) is 0 Å². The molecule has 0 aromatic rings. The summed E-state index contributed by atoms with van der Waals surface area (Å²) < 4.78 is 5.32. The van der Waals surface area contributed by atoms with Gasteiger partial charge in [-0.3, -0.25) is 4.90 Å². The van der Waals surface area contributed by atoms with Gasteiger partial charge in [0.2, 0.25) is 0 Å². The van der Waals surface area contributed by atoms with Crippen molar-refractivity contribution in [3.8, 4) is 0 Å². The highest BCUT2D eigenvalue weighted by Crippen LogP contribution is 2.32. The second kappa shape index (κ2) is 5.48. The molecule has 0 aromatic carbocycles. The summed E-state index contributed by atoms with van der Waals surface area (Å²) in [6.45, 7) is 10.6. The summed E-state index contributed by atoms with van der Waals surface area (Å²) in [4.78, 5) is 2.52. The lowest BCUT2D eigenvalue weighted by Crippen LogP contribution is -2.55. The minimum absolute atomic E-state index is 0.00910. The predicted octanol–water partition coefficient (Wildman–Crippen LogP) is 1.86. The Morgan fingerprint density at radius 3 is 2.56 bits per heavy atom. The second-order valence-electron chi connectivity index (χ2n) is 6.14. The number of hydrogen-bond acceptors (Lipinski definition) is 3. The number of hydrogen-bond donors (Lipinski definition) is 1. The molecular formula is C13H28N2O. The van der Waals surface area contributed by atoms with Gasteiger partial charge in [0, 0.05) is 13.7 Å². The van der Waals surface area contributed by atoms with Crippen LogP contribution in [0.1, 0.15) is 40.0 Å². The summed E-state index contributed by atoms with van der Waals surface area (Å²) in [5, 5.41) is 0. The van der Waals surface area contributed by atoms with E-state index in [0.29, 0.717) is 12.0 Å². The molecule has 3 heteroatoms. The van der Waals surface area contributed by atoms with Crippen LogP contribution in [0.4, 0.5) is 0 Å². The zero-order valence-corrected chi connectivity index (χ0v) is 11.4. The molecule has 1 aliphatic rings. The van der Waals surface area contributed by atoms with Crippen LogP contribution in [-0.2, 0) is 4.74 Å². The highest BCUT2D eigenvalue weighted by Gasteiger charge is 2.33. The highest BCUT2D eigenvalue weighted by molar-refractivity contribution is 4.90. The van der Waals surface area contributed by atoms with E-state index in [1.165, 1.54) is 19.3 Å². The molecule has 96 valence electrons. The lowest BCUT2D eigenvalue weighted by molar-refractivity contribution is 0.0275. The van der Waals surface area contributed by atoms with Gasteiger partial charge in [0.25, 0.3) is 0 Å². The summed E-state index contributed by atoms with van der Waals surface area (Å²) in [5.74, 6) is 0. The van der Waals surface area contributed by atoms with Gasteiger partial charge in [-0.2, -0.15) is 0 Å². The van der Waals surface area contributed by atoms with Crippen molar-refractivity contribution in [3.63, 3.8) is 0 Å². The van der Waals surface area contributed by atoms with Crippen LogP contribution >= 0.6 is 0 Å². The molecule has 0 spiro atoms. The Kier molecular flexibility index (Phi) is 4.77. The maximum absolute atomic E-state index is 5.92. The van der Waals surface area contributed by atoms with Crippen LogP contribution in [0.3, 0.4) is 0 Å². The number of nitrogens with two attached hydrogens (primary N) is 1. The Bertz CT molecular complexity index is 218. The fourth-order valence-corrected chi connectivity index (χ4v) is 2.55. The molecule has 1 aliphatic heterocycles. The lowest BCUT2D eigenvalue weighted by Gasteiger charge is -2.39. The maximum Gasteiger partial charge on any atom is 0.0656 e. The minimum Gasteiger partial charge on any atom is -0.383 e. The SMILES string of the molecule is COCC(C)(CN)N1CCCC(C)(C)CC1. The van der Waals surface area contributed by atoms with E-state index in [2.05, 4.69) is 25.7 Å². The van der Waals surface area contributed by atoms with E-state index >= 15 is 0 Å². The largest absolute Gasteiger partial charge is 0.383 e. The average Bonchev–Trinajstić information content (AvgIpc) is 2.40. The molecule has 1 atom stereocenters. The lowest BCUT2D eigenvalue weighted by atomic mass is 9.85. The van der Waals surface area contributed by atoms with Gasteiger partial charge in [0.15, 0.2) is 0 Å². The van der Waals surface area contributed by atoms with Gasteiger partial charge in [-0.1, -0.05) is 13.8 Å². The number of likely N-dealkylation sites (tertiary alicyclic amines) is 1. The van der Waals surface area contributed by atoms with Crippen molar-refractivity contribution in [2.24, 2.45) is 11.1 Å². The van der Waals surface area contributed by atoms with E-state index in [1.54, 1.807) is 7.11 Å². The standard InChI is InChI=1S/C13H28N2O/c1-12(2)6-5-8-15(9-7-12)13(3,10-14)11-16-4/h5-11,14H2,1-4H3. The van der Waals surface area contributed by atoms with E-state index in [0.717, 1.165) is 19.7 Å². The smallest absolute Gasteiger partial charge is 0.0656 e. The molecule has 0 amide bonds. The van der Waals surface area contributed by atoms with Crippen molar-refractivity contribution in [3.05, 3.63) is 0 Å². The Hall–Kier alpha value is -0.120. The van der Waals surface area contributed by atoms with E-state index in [9.17, 15) is 0 Å². The number of methoxy groups -OCH3 is 1. The van der Waals surface area contributed by atoms with Crippen molar-refractivity contribution >= 4 is 0 Å². The third-order valence-electron chi connectivity index (χ3n) is 4.00. The van der Waals surface area contributed by atoms with Crippen molar-refractivity contribution in [2.45, 2.75) is 45.6 Å². The monoisotopic (exact) mass is 228 g/mol. The van der Waals surface area contributed by atoms with Crippen molar-refractivity contribution in [2.75, 3.05) is 33.4 Å². The topological polar surface area (TPSA) is 38.5 Å². The van der Waals surface area contributed by atoms with Crippen molar-refractivity contribution < 1.29 is 4.74 Å². The molecule has 0 aliphatic carbocycles. The minimum atomic E-state index is 0.00910. The summed E-state index contributed by atoms with van der Waals surface area (Å²) in [5.41, 5.74) is 6.41. The molecule has 1 heterocycles. The van der Waals surface area contributed by atoms with Gasteiger partial charge in [0.05, 0.1) is 12.1 Å². The molecule has 1 rings (SSSR count). The summed E-state index contributed by atoms with van der Waals surface area (Å²) in [7, 11) is 1.76. The first-order valence-electron chi connectivity index (χ1n) is 6.38. The summed E-state index contributed by atoms with van der Waals surface area (Å²) in [6, 6.07) is 0. The fraction of sp³-hybridized carbons (Fsp3) is 1.00. The fourth-order valence-electron chi connectivity index (χ4n) is 2.55. The van der Waals surface area contributed by atoms with Crippen molar-refractivity contribution in [1.82, 2.24) is 4.90 Å². The van der Waals surface area contributed by atoms with Crippen LogP contribution in [0.2, 0.25) is 0 Å². The highest BCUT2D eigenvalue weighted by atomic mass is 16.5. The Morgan fingerprint density at radius 1 is 1.31 bits per heavy atom. The molecule has 1 saturated heterocycles. The molecule has 2 N–H and O–H groups in total. The van der Waals surface area contributed by atoms with E-state index in [-0.39, 0.29) is 5.54 Å². The Labute approximate surface area is 100 Å². The molecule has 0 aromatic heterocycles. The molecule has 0 bridgehead atoms. The maximum atomic E-state index is 5.92. The third kappa shape index (κ3) is 3.44. The van der Waals surface area contributed by atoms with Crippen LogP contribution in [-0.4, -0.2) is 43.8 Å². The van der Waals surface area contributed by atoms with E-state index < -0.39 is 0 Å². The molecule has 0 saturated carbocycles. The normalized spacial score (nSPS) is 26.1. The predicted molar refractivity (Wildman–Crippen MR) is 68.5 cm³/mol. The quantitative estimate of drug-likeness (QED) is 0.798. The number of rotatable bonds is 4. The van der Waals surface area contributed by atoms with Crippen LogP contribution in [0.15, 0.2) is 0 Å². The van der Waals surface area contributed by atoms with Gasteiger partial charge < -0.3 is 10.5 Å². The van der Waals surface area contributed by atoms with Crippen LogP contribution in [0.25, 0.3) is 0 Å².